The van der Waals surface area contributed by atoms with Crippen LogP contribution in [0.2, 0.25) is 0 Å². The van der Waals surface area contributed by atoms with Gasteiger partial charge >= 0.3 is 5.97 Å². The molecule has 0 bridgehead atoms. The molecule has 5 nitrogen and oxygen atoms in total. The van der Waals surface area contributed by atoms with E-state index in [0.717, 1.165) is 26.1 Å². The van der Waals surface area contributed by atoms with Crippen LogP contribution in [0.5, 0.6) is 0 Å². The quantitative estimate of drug-likeness (QED) is 0.714. The minimum absolute atomic E-state index is 0.518. The first-order valence-electron chi connectivity index (χ1n) is 7.17. The highest BCUT2D eigenvalue weighted by Crippen LogP contribution is 2.22. The SMILES string of the molecule is CCCNC(C)(CN1CC(C)C(N(C)C)C1)C(=O)O. The van der Waals surface area contributed by atoms with Crippen LogP contribution in [-0.4, -0.2) is 72.7 Å². The summed E-state index contributed by atoms with van der Waals surface area (Å²) < 4.78 is 0. The highest BCUT2D eigenvalue weighted by atomic mass is 16.4. The lowest BCUT2D eigenvalue weighted by atomic mass is 10.0. The zero-order valence-electron chi connectivity index (χ0n) is 12.9. The van der Waals surface area contributed by atoms with Crippen LogP contribution in [0.25, 0.3) is 0 Å². The monoisotopic (exact) mass is 271 g/mol. The van der Waals surface area contributed by atoms with E-state index in [1.165, 1.54) is 0 Å². The van der Waals surface area contributed by atoms with Crippen molar-refractivity contribution in [3.63, 3.8) is 0 Å². The van der Waals surface area contributed by atoms with Gasteiger partial charge in [0.2, 0.25) is 0 Å². The predicted octanol–water partition coefficient (Wildman–Crippen LogP) is 0.711. The number of aliphatic carboxylic acids is 1. The van der Waals surface area contributed by atoms with E-state index in [1.807, 2.05) is 0 Å². The Balaban J connectivity index is 2.64. The molecule has 1 fully saturated rings. The number of nitrogens with one attached hydrogen (secondary N) is 1. The van der Waals surface area contributed by atoms with E-state index < -0.39 is 11.5 Å². The van der Waals surface area contributed by atoms with E-state index in [-0.39, 0.29) is 0 Å². The van der Waals surface area contributed by atoms with E-state index in [1.54, 1.807) is 6.92 Å². The summed E-state index contributed by atoms with van der Waals surface area (Å²) in [4.78, 5) is 16.0. The third-order valence-electron chi connectivity index (χ3n) is 4.09. The number of likely N-dealkylation sites (N-methyl/N-ethyl adjacent to an activating group) is 1. The van der Waals surface area contributed by atoms with E-state index in [2.05, 4.69) is 43.1 Å². The molecule has 0 radical (unpaired) electrons. The molecular formula is C14H29N3O2. The maximum Gasteiger partial charge on any atom is 0.324 e. The molecule has 1 saturated heterocycles. The summed E-state index contributed by atoms with van der Waals surface area (Å²) in [5, 5.41) is 12.6. The van der Waals surface area contributed by atoms with Gasteiger partial charge in [-0.1, -0.05) is 13.8 Å². The fraction of sp³-hybridized carbons (Fsp3) is 0.929. The second-order valence-corrected chi connectivity index (χ2v) is 6.27. The molecule has 2 N–H and O–H groups in total. The van der Waals surface area contributed by atoms with E-state index in [4.69, 9.17) is 0 Å². The number of carboxylic acids is 1. The van der Waals surface area contributed by atoms with Crippen LogP contribution in [0.15, 0.2) is 0 Å². The van der Waals surface area contributed by atoms with Crippen LogP contribution in [0, 0.1) is 5.92 Å². The molecule has 0 spiro atoms. The number of rotatable bonds is 7. The molecule has 0 saturated carbocycles. The second kappa shape index (κ2) is 6.68. The molecule has 3 unspecified atom stereocenters. The Bertz CT molecular complexity index is 309. The Morgan fingerprint density at radius 2 is 2.11 bits per heavy atom. The van der Waals surface area contributed by atoms with Crippen LogP contribution in [0.3, 0.4) is 0 Å². The number of likely N-dealkylation sites (tertiary alicyclic amines) is 1. The summed E-state index contributed by atoms with van der Waals surface area (Å²) in [7, 11) is 4.19. The molecule has 0 aliphatic carbocycles. The third kappa shape index (κ3) is 4.16. The van der Waals surface area contributed by atoms with Crippen molar-refractivity contribution in [2.24, 2.45) is 5.92 Å². The van der Waals surface area contributed by atoms with Crippen LogP contribution in [0.1, 0.15) is 27.2 Å². The van der Waals surface area contributed by atoms with Gasteiger partial charge in [0.25, 0.3) is 0 Å². The number of carbonyl (C=O) groups is 1. The molecular weight excluding hydrogens is 242 g/mol. The molecule has 1 heterocycles. The van der Waals surface area contributed by atoms with Gasteiger partial charge in [-0.2, -0.15) is 0 Å². The first-order chi connectivity index (χ1) is 8.80. The fourth-order valence-corrected chi connectivity index (χ4v) is 2.90. The Morgan fingerprint density at radius 3 is 2.53 bits per heavy atom. The highest BCUT2D eigenvalue weighted by Gasteiger charge is 2.39. The van der Waals surface area contributed by atoms with Crippen LogP contribution in [-0.2, 0) is 4.79 Å². The van der Waals surface area contributed by atoms with Crippen molar-refractivity contribution in [3.8, 4) is 0 Å². The topological polar surface area (TPSA) is 55.8 Å². The maximum absolute atomic E-state index is 11.5. The standard InChI is InChI=1S/C14H29N3O2/c1-6-7-15-14(3,13(18)19)10-17-8-11(2)12(9-17)16(4)5/h11-12,15H,6-10H2,1-5H3,(H,18,19). The zero-order valence-corrected chi connectivity index (χ0v) is 12.9. The van der Waals surface area contributed by atoms with Gasteiger partial charge in [-0.25, -0.2) is 0 Å². The number of nitrogens with zero attached hydrogens (tertiary/aromatic N) is 2. The van der Waals surface area contributed by atoms with Gasteiger partial charge in [0.1, 0.15) is 5.54 Å². The maximum atomic E-state index is 11.5. The van der Waals surface area contributed by atoms with Gasteiger partial charge in [-0.15, -0.1) is 0 Å². The van der Waals surface area contributed by atoms with Crippen LogP contribution < -0.4 is 5.32 Å². The smallest absolute Gasteiger partial charge is 0.324 e. The normalized spacial score (nSPS) is 27.7. The lowest BCUT2D eigenvalue weighted by molar-refractivity contribution is -0.145. The van der Waals surface area contributed by atoms with Crippen molar-refractivity contribution in [2.75, 3.05) is 40.3 Å². The van der Waals surface area contributed by atoms with E-state index >= 15 is 0 Å². The Kier molecular flexibility index (Phi) is 5.77. The van der Waals surface area contributed by atoms with E-state index in [0.29, 0.717) is 18.5 Å². The van der Waals surface area contributed by atoms with Crippen molar-refractivity contribution in [2.45, 2.75) is 38.8 Å². The summed E-state index contributed by atoms with van der Waals surface area (Å²) in [5.41, 5.74) is -0.850. The largest absolute Gasteiger partial charge is 0.480 e. The first-order valence-corrected chi connectivity index (χ1v) is 7.17. The minimum atomic E-state index is -0.850. The molecule has 0 aromatic rings. The molecule has 1 aliphatic heterocycles. The highest BCUT2D eigenvalue weighted by molar-refractivity contribution is 5.78. The lowest BCUT2D eigenvalue weighted by Gasteiger charge is -2.31. The summed E-state index contributed by atoms with van der Waals surface area (Å²) in [6.07, 6.45) is 0.944. The average Bonchev–Trinajstić information content (AvgIpc) is 2.67. The Hall–Kier alpha value is -0.650. The summed E-state index contributed by atoms with van der Waals surface area (Å²) in [6.45, 7) is 9.31. The molecule has 5 heteroatoms. The van der Waals surface area contributed by atoms with Gasteiger partial charge in [0.15, 0.2) is 0 Å². The Labute approximate surface area is 117 Å². The van der Waals surface area contributed by atoms with Crippen molar-refractivity contribution in [3.05, 3.63) is 0 Å². The predicted molar refractivity (Wildman–Crippen MR) is 77.4 cm³/mol. The lowest BCUT2D eigenvalue weighted by Crippen LogP contribution is -2.57. The van der Waals surface area contributed by atoms with Gasteiger partial charge in [-0.3, -0.25) is 9.69 Å². The van der Waals surface area contributed by atoms with Crippen molar-refractivity contribution in [1.82, 2.24) is 15.1 Å². The Morgan fingerprint density at radius 1 is 1.47 bits per heavy atom. The number of hydrogen-bond donors (Lipinski definition) is 2. The van der Waals surface area contributed by atoms with Crippen molar-refractivity contribution >= 4 is 5.97 Å². The summed E-state index contributed by atoms with van der Waals surface area (Å²) in [5.74, 6) is -0.180. The summed E-state index contributed by atoms with van der Waals surface area (Å²) >= 11 is 0. The van der Waals surface area contributed by atoms with Gasteiger partial charge in [0, 0.05) is 25.7 Å². The van der Waals surface area contributed by atoms with Crippen LogP contribution in [0.4, 0.5) is 0 Å². The zero-order chi connectivity index (χ0) is 14.6. The van der Waals surface area contributed by atoms with Crippen LogP contribution >= 0.6 is 0 Å². The number of hydrogen-bond acceptors (Lipinski definition) is 4. The van der Waals surface area contributed by atoms with Crippen molar-refractivity contribution < 1.29 is 9.90 Å². The molecule has 3 atom stereocenters. The van der Waals surface area contributed by atoms with Crippen molar-refractivity contribution in [1.29, 1.82) is 0 Å². The second-order valence-electron chi connectivity index (χ2n) is 6.27. The molecule has 0 aromatic heterocycles. The van der Waals surface area contributed by atoms with Gasteiger partial charge in [0.05, 0.1) is 0 Å². The number of carboxylic acid groups (broad SMARTS) is 1. The summed E-state index contributed by atoms with van der Waals surface area (Å²) in [6, 6.07) is 0.518. The first kappa shape index (κ1) is 16.4. The molecule has 0 amide bonds. The van der Waals surface area contributed by atoms with Gasteiger partial charge < -0.3 is 15.3 Å². The van der Waals surface area contributed by atoms with E-state index in [9.17, 15) is 9.90 Å². The molecule has 0 aromatic carbocycles. The fourth-order valence-electron chi connectivity index (χ4n) is 2.90. The van der Waals surface area contributed by atoms with Gasteiger partial charge in [-0.05, 0) is 39.9 Å². The molecule has 19 heavy (non-hydrogen) atoms. The third-order valence-corrected chi connectivity index (χ3v) is 4.09. The average molecular weight is 271 g/mol. The minimum Gasteiger partial charge on any atom is -0.480 e. The molecule has 112 valence electrons. The molecule has 1 rings (SSSR count). The molecule has 1 aliphatic rings.